The van der Waals surface area contributed by atoms with Crippen LogP contribution in [0.2, 0.25) is 0 Å². The average molecular weight is 447 g/mol. The van der Waals surface area contributed by atoms with Crippen LogP contribution < -0.4 is 0 Å². The maximum absolute atomic E-state index is 11.7. The normalized spacial score (nSPS) is 12.2. The van der Waals surface area contributed by atoms with Crippen LogP contribution >= 0.6 is 0 Å². The number of aromatic nitrogens is 4. The average Bonchev–Trinajstić information content (AvgIpc) is 3.23. The Balaban J connectivity index is 1.70. The molecule has 0 fully saturated rings. The zero-order chi connectivity index (χ0) is 23.1. The molecule has 0 unspecified atom stereocenters. The van der Waals surface area contributed by atoms with Gasteiger partial charge in [0.05, 0.1) is 22.5 Å². The summed E-state index contributed by atoms with van der Waals surface area (Å²) in [6.45, 7) is 8.55. The number of nitrogens with zero attached hydrogens (tertiary/aromatic N) is 3. The smallest absolute Gasteiger partial charge is 0.175 e. The largest absolute Gasteiger partial charge is 0.337 e. The number of pyridine rings is 2. The van der Waals surface area contributed by atoms with Crippen LogP contribution in [0.15, 0.2) is 66.0 Å². The molecular formula is C25H26N4O2S. The molecule has 1 N–H and O–H groups in total. The summed E-state index contributed by atoms with van der Waals surface area (Å²) in [4.78, 5) is 17.4. The number of nitrogens with one attached hydrogen (secondary N) is 1. The lowest BCUT2D eigenvalue weighted by Crippen LogP contribution is -2.14. The van der Waals surface area contributed by atoms with Gasteiger partial charge in [0.1, 0.15) is 5.69 Å². The van der Waals surface area contributed by atoms with Crippen LogP contribution in [0.4, 0.5) is 0 Å². The molecular weight excluding hydrogens is 420 g/mol. The van der Waals surface area contributed by atoms with Gasteiger partial charge in [-0.3, -0.25) is 9.97 Å². The van der Waals surface area contributed by atoms with E-state index in [1.54, 1.807) is 36.7 Å². The Bertz CT molecular complexity index is 1380. The van der Waals surface area contributed by atoms with E-state index < -0.39 is 9.84 Å². The first-order valence-corrected chi connectivity index (χ1v) is 12.2. The summed E-state index contributed by atoms with van der Waals surface area (Å²) < 4.78 is 23.4. The van der Waals surface area contributed by atoms with Crippen LogP contribution in [0.3, 0.4) is 0 Å². The van der Waals surface area contributed by atoms with Crippen molar-refractivity contribution in [3.05, 3.63) is 72.2 Å². The first-order valence-electron chi connectivity index (χ1n) is 10.3. The third-order valence-electron chi connectivity index (χ3n) is 5.28. The molecule has 0 bridgehead atoms. The number of H-pyrrole nitrogens is 1. The van der Waals surface area contributed by atoms with Gasteiger partial charge in [-0.2, -0.15) is 0 Å². The number of imidazole rings is 1. The van der Waals surface area contributed by atoms with Crippen LogP contribution in [0, 0.1) is 6.92 Å². The number of aromatic amines is 1. The number of sulfone groups is 1. The molecule has 0 atom stereocenters. The minimum absolute atomic E-state index is 0.0662. The summed E-state index contributed by atoms with van der Waals surface area (Å²) in [6, 6.07) is 12.8. The molecule has 0 aliphatic heterocycles. The highest BCUT2D eigenvalue weighted by Crippen LogP contribution is 2.32. The minimum atomic E-state index is -3.23. The Morgan fingerprint density at radius 2 is 1.59 bits per heavy atom. The molecule has 6 nitrogen and oxygen atoms in total. The molecule has 4 aromatic rings. The standard InChI is InChI=1S/C25H26N4O2S/c1-16-12-20(25(2,3)4)23(27-14-16)24-28-15-22(29-24)18-10-11-26-21(13-18)17-6-8-19(9-7-17)32(5,30)31/h6-15H,1-5H3,(H,28,29). The topological polar surface area (TPSA) is 88.6 Å². The zero-order valence-corrected chi connectivity index (χ0v) is 19.7. The summed E-state index contributed by atoms with van der Waals surface area (Å²) in [5.74, 6) is 0.723. The van der Waals surface area contributed by atoms with Gasteiger partial charge in [0.25, 0.3) is 0 Å². The molecule has 0 aliphatic rings. The van der Waals surface area contributed by atoms with E-state index in [1.807, 2.05) is 25.3 Å². The molecule has 0 saturated carbocycles. The molecule has 0 saturated heterocycles. The second kappa shape index (κ2) is 7.98. The van der Waals surface area contributed by atoms with Crippen molar-refractivity contribution < 1.29 is 8.42 Å². The van der Waals surface area contributed by atoms with Gasteiger partial charge in [-0.15, -0.1) is 0 Å². The monoisotopic (exact) mass is 446 g/mol. The second-order valence-electron chi connectivity index (χ2n) is 9.03. The third-order valence-corrected chi connectivity index (χ3v) is 6.41. The molecule has 32 heavy (non-hydrogen) atoms. The Morgan fingerprint density at radius 3 is 2.25 bits per heavy atom. The fourth-order valence-corrected chi connectivity index (χ4v) is 4.18. The third kappa shape index (κ3) is 4.48. The molecule has 7 heteroatoms. The molecule has 0 radical (unpaired) electrons. The number of hydrogen-bond donors (Lipinski definition) is 1. The van der Waals surface area contributed by atoms with Crippen molar-refractivity contribution >= 4 is 9.84 Å². The van der Waals surface area contributed by atoms with E-state index in [0.29, 0.717) is 0 Å². The van der Waals surface area contributed by atoms with Gasteiger partial charge in [0.15, 0.2) is 15.7 Å². The summed E-state index contributed by atoms with van der Waals surface area (Å²) in [5, 5.41) is 0. The number of aryl methyl sites for hydroxylation is 1. The van der Waals surface area contributed by atoms with Gasteiger partial charge in [-0.25, -0.2) is 13.4 Å². The predicted octanol–water partition coefficient (Wildman–Crippen LogP) is 5.21. The summed E-state index contributed by atoms with van der Waals surface area (Å²) >= 11 is 0. The SMILES string of the molecule is Cc1cnc(-c2ncc(-c3ccnc(-c4ccc(S(C)(=O)=O)cc4)c3)[nH]2)c(C(C)(C)C)c1. The van der Waals surface area contributed by atoms with Gasteiger partial charge in [0.2, 0.25) is 0 Å². The zero-order valence-electron chi connectivity index (χ0n) is 18.8. The number of rotatable bonds is 4. The fraction of sp³-hybridized carbons (Fsp3) is 0.240. The van der Waals surface area contributed by atoms with Crippen LogP contribution in [0.5, 0.6) is 0 Å². The summed E-state index contributed by atoms with van der Waals surface area (Å²) in [6.07, 6.45) is 6.59. The molecule has 164 valence electrons. The van der Waals surface area contributed by atoms with Crippen LogP contribution in [-0.4, -0.2) is 34.6 Å². The van der Waals surface area contributed by atoms with Crippen molar-refractivity contribution in [2.45, 2.75) is 38.0 Å². The molecule has 4 rings (SSSR count). The molecule has 1 aromatic carbocycles. The summed E-state index contributed by atoms with van der Waals surface area (Å²) in [5.41, 5.74) is 6.43. The van der Waals surface area contributed by atoms with E-state index >= 15 is 0 Å². The van der Waals surface area contributed by atoms with Crippen molar-refractivity contribution in [1.82, 2.24) is 19.9 Å². The Kier molecular flexibility index (Phi) is 5.46. The van der Waals surface area contributed by atoms with Gasteiger partial charge in [-0.1, -0.05) is 39.0 Å². The lowest BCUT2D eigenvalue weighted by Gasteiger charge is -2.21. The Labute approximate surface area is 188 Å². The predicted molar refractivity (Wildman–Crippen MR) is 127 cm³/mol. The van der Waals surface area contributed by atoms with Crippen LogP contribution in [0.25, 0.3) is 34.0 Å². The van der Waals surface area contributed by atoms with Crippen LogP contribution in [-0.2, 0) is 15.3 Å². The number of benzene rings is 1. The van der Waals surface area contributed by atoms with Crippen molar-refractivity contribution in [1.29, 1.82) is 0 Å². The molecule has 3 heterocycles. The first-order chi connectivity index (χ1) is 15.0. The molecule has 0 aliphatic carbocycles. The second-order valence-corrected chi connectivity index (χ2v) is 11.0. The molecule has 0 amide bonds. The first kappa shape index (κ1) is 21.9. The van der Waals surface area contributed by atoms with Gasteiger partial charge < -0.3 is 4.98 Å². The van der Waals surface area contributed by atoms with Crippen LogP contribution in [0.1, 0.15) is 31.9 Å². The van der Waals surface area contributed by atoms with E-state index in [9.17, 15) is 8.42 Å². The maximum atomic E-state index is 11.7. The number of hydrogen-bond acceptors (Lipinski definition) is 5. The quantitative estimate of drug-likeness (QED) is 0.465. The van der Waals surface area contributed by atoms with E-state index in [1.165, 1.54) is 6.26 Å². The van der Waals surface area contributed by atoms with Crippen molar-refractivity contribution in [2.75, 3.05) is 6.26 Å². The lowest BCUT2D eigenvalue weighted by molar-refractivity contribution is 0.588. The van der Waals surface area contributed by atoms with Gasteiger partial charge in [0, 0.05) is 29.8 Å². The maximum Gasteiger partial charge on any atom is 0.175 e. The lowest BCUT2D eigenvalue weighted by atomic mass is 9.85. The van der Waals surface area contributed by atoms with E-state index in [4.69, 9.17) is 0 Å². The Hall–Kier alpha value is -3.32. The van der Waals surface area contributed by atoms with Crippen molar-refractivity contribution in [2.24, 2.45) is 0 Å². The highest BCUT2D eigenvalue weighted by atomic mass is 32.2. The van der Waals surface area contributed by atoms with Gasteiger partial charge in [-0.05, 0) is 47.7 Å². The van der Waals surface area contributed by atoms with E-state index in [-0.39, 0.29) is 10.3 Å². The highest BCUT2D eigenvalue weighted by molar-refractivity contribution is 7.90. The molecule has 3 aromatic heterocycles. The van der Waals surface area contributed by atoms with Crippen molar-refractivity contribution in [3.63, 3.8) is 0 Å². The molecule has 0 spiro atoms. The van der Waals surface area contributed by atoms with Crippen molar-refractivity contribution in [3.8, 4) is 34.0 Å². The summed E-state index contributed by atoms with van der Waals surface area (Å²) in [7, 11) is -3.23. The van der Waals surface area contributed by atoms with Gasteiger partial charge >= 0.3 is 0 Å². The van der Waals surface area contributed by atoms with E-state index in [2.05, 4.69) is 46.8 Å². The Morgan fingerprint density at radius 1 is 0.875 bits per heavy atom. The van der Waals surface area contributed by atoms with E-state index in [0.717, 1.165) is 45.2 Å². The fourth-order valence-electron chi connectivity index (χ4n) is 3.55. The minimum Gasteiger partial charge on any atom is -0.337 e. The highest BCUT2D eigenvalue weighted by Gasteiger charge is 2.22.